The third-order valence-electron chi connectivity index (χ3n) is 7.74. The number of carbonyl (C=O) groups excluding carboxylic acids is 1. The van der Waals surface area contributed by atoms with Crippen LogP contribution in [0, 0.1) is 19.3 Å². The number of nitrogens with zero attached hydrogens (tertiary/aromatic N) is 4. The number of ketones is 1. The maximum absolute atomic E-state index is 13.8. The van der Waals surface area contributed by atoms with Crippen molar-refractivity contribution in [3.63, 3.8) is 0 Å². The molecule has 3 heterocycles. The van der Waals surface area contributed by atoms with Crippen LogP contribution in [-0.2, 0) is 17.3 Å². The van der Waals surface area contributed by atoms with Crippen molar-refractivity contribution in [1.29, 1.82) is 0 Å². The number of allylic oxidation sites excluding steroid dienone is 3. The summed E-state index contributed by atoms with van der Waals surface area (Å²) in [5.74, 6) is 0.236. The molecule has 6 heteroatoms. The average Bonchev–Trinajstić information content (AvgIpc) is 3.24. The molecule has 0 bridgehead atoms. The summed E-state index contributed by atoms with van der Waals surface area (Å²) in [5, 5.41) is 17.3. The van der Waals surface area contributed by atoms with Crippen molar-refractivity contribution in [2.75, 3.05) is 0 Å². The molecule has 0 saturated heterocycles. The molecule has 0 amide bonds. The van der Waals surface area contributed by atoms with Crippen molar-refractivity contribution in [3.05, 3.63) is 63.8 Å². The van der Waals surface area contributed by atoms with E-state index in [0.29, 0.717) is 6.42 Å². The molecule has 0 radical (unpaired) electrons. The first-order valence-electron chi connectivity index (χ1n) is 11.9. The Balaban J connectivity index is 1.79. The summed E-state index contributed by atoms with van der Waals surface area (Å²) in [6, 6.07) is 8.70. The molecular formula is C27H33N5O. The Hall–Kier alpha value is -3.02. The fourth-order valence-corrected chi connectivity index (χ4v) is 6.34. The van der Waals surface area contributed by atoms with Gasteiger partial charge in [0.2, 0.25) is 0 Å². The number of rotatable bonds is 3. The molecule has 5 rings (SSSR count). The van der Waals surface area contributed by atoms with Gasteiger partial charge in [-0.15, -0.1) is 0 Å². The van der Waals surface area contributed by atoms with Gasteiger partial charge in [0.05, 0.1) is 16.8 Å². The summed E-state index contributed by atoms with van der Waals surface area (Å²) < 4.78 is 1.93. The second kappa shape index (κ2) is 7.24. The minimum absolute atomic E-state index is 0.0693. The van der Waals surface area contributed by atoms with E-state index in [4.69, 9.17) is 0 Å². The molecular weight excluding hydrogens is 410 g/mol. The molecule has 6 nitrogen and oxygen atoms in total. The van der Waals surface area contributed by atoms with E-state index in [1.54, 1.807) is 0 Å². The predicted molar refractivity (Wildman–Crippen MR) is 130 cm³/mol. The van der Waals surface area contributed by atoms with Crippen LogP contribution < -0.4 is 5.32 Å². The fourth-order valence-electron chi connectivity index (χ4n) is 6.34. The highest BCUT2D eigenvalue weighted by molar-refractivity contribution is 6.01. The van der Waals surface area contributed by atoms with E-state index in [-0.39, 0.29) is 17.4 Å². The van der Waals surface area contributed by atoms with Gasteiger partial charge >= 0.3 is 0 Å². The summed E-state index contributed by atoms with van der Waals surface area (Å²) in [6.07, 6.45) is 1.97. The zero-order chi connectivity index (χ0) is 23.7. The van der Waals surface area contributed by atoms with E-state index in [1.165, 1.54) is 0 Å². The van der Waals surface area contributed by atoms with E-state index >= 15 is 0 Å². The number of aromatic nitrogens is 2. The number of benzene rings is 1. The quantitative estimate of drug-likeness (QED) is 0.665. The summed E-state index contributed by atoms with van der Waals surface area (Å²) in [5.41, 5.74) is 8.96. The van der Waals surface area contributed by atoms with Crippen LogP contribution in [0.4, 0.5) is 0 Å². The molecule has 3 aliphatic rings. The number of carbonyl (C=O) groups is 1. The van der Waals surface area contributed by atoms with Crippen LogP contribution in [-0.4, -0.2) is 21.7 Å². The Labute approximate surface area is 195 Å². The first kappa shape index (κ1) is 21.8. The van der Waals surface area contributed by atoms with E-state index < -0.39 is 5.41 Å². The number of azo groups is 1. The van der Waals surface area contributed by atoms with Crippen LogP contribution in [0.25, 0.3) is 11.1 Å². The van der Waals surface area contributed by atoms with Gasteiger partial charge in [0.1, 0.15) is 0 Å². The molecule has 2 atom stereocenters. The third kappa shape index (κ3) is 3.06. The van der Waals surface area contributed by atoms with Crippen molar-refractivity contribution in [1.82, 2.24) is 15.1 Å². The molecule has 1 N–H and O–H groups in total. The molecule has 2 aliphatic heterocycles. The Morgan fingerprint density at radius 1 is 1.18 bits per heavy atom. The van der Waals surface area contributed by atoms with Crippen LogP contribution in [0.3, 0.4) is 0 Å². The van der Waals surface area contributed by atoms with E-state index in [9.17, 15) is 4.79 Å². The lowest BCUT2D eigenvalue weighted by Gasteiger charge is -2.48. The van der Waals surface area contributed by atoms with Crippen LogP contribution >= 0.6 is 0 Å². The second-order valence-electron chi connectivity index (χ2n) is 10.6. The van der Waals surface area contributed by atoms with Gasteiger partial charge in [0.25, 0.3) is 0 Å². The van der Waals surface area contributed by atoms with Gasteiger partial charge in [-0.3, -0.25) is 9.48 Å². The lowest BCUT2D eigenvalue weighted by molar-refractivity contribution is -0.119. The molecule has 1 unspecified atom stereocenters. The standard InChI is InChI=1S/C27H33N5O/c1-8-27(19-11-9-10-18(12-19)22-15(2)31-32(7)17(22)4)23-16(3)29-30-25(23)28-20-13-26(5,6)14-21(33)24(20)27/h9-12,25,28H,8,13-14H2,1-7H3/t25?,27-/m0/s1. The molecule has 172 valence electrons. The summed E-state index contributed by atoms with van der Waals surface area (Å²) in [4.78, 5) is 13.8. The zero-order valence-electron chi connectivity index (χ0n) is 20.7. The minimum Gasteiger partial charge on any atom is -0.362 e. The Morgan fingerprint density at radius 3 is 2.61 bits per heavy atom. The number of aryl methyl sites for hydroxylation is 2. The van der Waals surface area contributed by atoms with Gasteiger partial charge in [-0.25, -0.2) is 0 Å². The first-order valence-corrected chi connectivity index (χ1v) is 11.9. The molecule has 0 spiro atoms. The van der Waals surface area contributed by atoms with Crippen molar-refractivity contribution >= 4 is 5.78 Å². The molecule has 33 heavy (non-hydrogen) atoms. The molecule has 0 fully saturated rings. The number of hydrogen-bond acceptors (Lipinski definition) is 5. The van der Waals surface area contributed by atoms with Gasteiger partial charge in [-0.1, -0.05) is 39.0 Å². The topological polar surface area (TPSA) is 71.6 Å². The maximum Gasteiger partial charge on any atom is 0.165 e. The fraction of sp³-hybridized carbons (Fsp3) is 0.481. The van der Waals surface area contributed by atoms with Crippen LogP contribution in [0.2, 0.25) is 0 Å². The highest BCUT2D eigenvalue weighted by atomic mass is 16.1. The van der Waals surface area contributed by atoms with Gasteiger partial charge in [-0.05, 0) is 56.2 Å². The van der Waals surface area contributed by atoms with E-state index in [2.05, 4.69) is 79.5 Å². The Morgan fingerprint density at radius 2 is 1.94 bits per heavy atom. The minimum atomic E-state index is -0.535. The summed E-state index contributed by atoms with van der Waals surface area (Å²) >= 11 is 0. The molecule has 0 saturated carbocycles. The first-order chi connectivity index (χ1) is 15.6. The van der Waals surface area contributed by atoms with E-state index in [1.807, 2.05) is 18.7 Å². The largest absolute Gasteiger partial charge is 0.362 e. The van der Waals surface area contributed by atoms with Crippen molar-refractivity contribution in [3.8, 4) is 11.1 Å². The van der Waals surface area contributed by atoms with Crippen LogP contribution in [0.5, 0.6) is 0 Å². The molecule has 1 aliphatic carbocycles. The number of hydrogen-bond donors (Lipinski definition) is 1. The van der Waals surface area contributed by atoms with Crippen molar-refractivity contribution < 1.29 is 4.79 Å². The van der Waals surface area contributed by atoms with E-state index in [0.717, 1.165) is 63.5 Å². The van der Waals surface area contributed by atoms with Crippen LogP contribution in [0.1, 0.15) is 63.9 Å². The normalized spacial score (nSPS) is 25.9. The monoisotopic (exact) mass is 443 g/mol. The van der Waals surface area contributed by atoms with Crippen LogP contribution in [0.15, 0.2) is 57.0 Å². The smallest absolute Gasteiger partial charge is 0.165 e. The number of fused-ring (bicyclic) bond motifs is 1. The third-order valence-corrected chi connectivity index (χ3v) is 7.74. The Kier molecular flexibility index (Phi) is 4.78. The zero-order valence-corrected chi connectivity index (χ0v) is 20.7. The lowest BCUT2D eigenvalue weighted by atomic mass is 9.58. The van der Waals surface area contributed by atoms with Gasteiger partial charge in [-0.2, -0.15) is 15.3 Å². The summed E-state index contributed by atoms with van der Waals surface area (Å²) in [6.45, 7) is 12.7. The second-order valence-corrected chi connectivity index (χ2v) is 10.6. The summed E-state index contributed by atoms with van der Waals surface area (Å²) in [7, 11) is 1.98. The van der Waals surface area contributed by atoms with Gasteiger partial charge in [0.15, 0.2) is 11.9 Å². The Bertz CT molecular complexity index is 1280. The number of Topliss-reactive ketones (excluding diaryl/α,β-unsaturated/α-hetero) is 1. The molecule has 1 aromatic carbocycles. The van der Waals surface area contributed by atoms with Crippen molar-refractivity contribution in [2.45, 2.75) is 72.4 Å². The molecule has 1 aromatic heterocycles. The van der Waals surface area contributed by atoms with Crippen molar-refractivity contribution in [2.24, 2.45) is 22.7 Å². The van der Waals surface area contributed by atoms with Gasteiger partial charge in [0, 0.05) is 41.6 Å². The lowest BCUT2D eigenvalue weighted by Crippen LogP contribution is -2.51. The highest BCUT2D eigenvalue weighted by Gasteiger charge is 2.53. The highest BCUT2D eigenvalue weighted by Crippen LogP contribution is 2.55. The molecule has 2 aromatic rings. The number of nitrogens with one attached hydrogen (secondary N) is 1. The SMILES string of the molecule is CC[C@@]1(c2cccc(-c3c(C)nn(C)c3C)c2)C2=C(CC(C)(C)CC2=O)NC2N=NC(C)=C21. The average molecular weight is 444 g/mol. The van der Waals surface area contributed by atoms with Gasteiger partial charge < -0.3 is 5.32 Å². The predicted octanol–water partition coefficient (Wildman–Crippen LogP) is 5.66. The maximum atomic E-state index is 13.8.